The topological polar surface area (TPSA) is 93.0 Å². The van der Waals surface area contributed by atoms with Crippen LogP contribution < -0.4 is 10.2 Å². The minimum Gasteiger partial charge on any atom is -0.354 e. The molecule has 3 aromatic rings. The molecule has 0 spiro atoms. The van der Waals surface area contributed by atoms with Crippen molar-refractivity contribution in [2.45, 2.75) is 46.7 Å². The Hall–Kier alpha value is -3.62. The highest BCUT2D eigenvalue weighted by Gasteiger charge is 2.28. The van der Waals surface area contributed by atoms with Crippen molar-refractivity contribution in [2.24, 2.45) is 5.92 Å². The third-order valence-corrected chi connectivity index (χ3v) is 5.18. The van der Waals surface area contributed by atoms with Crippen molar-refractivity contribution in [3.63, 3.8) is 0 Å². The van der Waals surface area contributed by atoms with Crippen LogP contribution in [0.15, 0.2) is 48.5 Å². The summed E-state index contributed by atoms with van der Waals surface area (Å²) in [4.78, 5) is 28.4. The number of anilines is 1. The van der Waals surface area contributed by atoms with Crippen LogP contribution in [0.1, 0.15) is 32.8 Å². The van der Waals surface area contributed by atoms with E-state index < -0.39 is 17.8 Å². The van der Waals surface area contributed by atoms with Gasteiger partial charge in [0.05, 0.1) is 0 Å². The summed E-state index contributed by atoms with van der Waals surface area (Å²) in [5, 5.41) is 15.1. The van der Waals surface area contributed by atoms with Crippen molar-refractivity contribution in [3.8, 4) is 11.4 Å². The summed E-state index contributed by atoms with van der Waals surface area (Å²) in [7, 11) is 0. The predicted molar refractivity (Wildman–Crippen MR) is 124 cm³/mol. The van der Waals surface area contributed by atoms with E-state index in [-0.39, 0.29) is 18.1 Å². The minimum absolute atomic E-state index is 0.251. The van der Waals surface area contributed by atoms with Gasteiger partial charge in [-0.2, -0.15) is 4.80 Å². The fourth-order valence-corrected chi connectivity index (χ4v) is 3.28. The molecular weight excluding hydrogens is 423 g/mol. The van der Waals surface area contributed by atoms with Crippen molar-refractivity contribution in [3.05, 3.63) is 59.9 Å². The molecule has 1 heterocycles. The number of hydrogen-bond donors (Lipinski definition) is 1. The number of benzene rings is 2. The average molecular weight is 453 g/mol. The maximum atomic E-state index is 13.9. The van der Waals surface area contributed by atoms with Crippen molar-refractivity contribution in [2.75, 3.05) is 11.4 Å². The maximum Gasteiger partial charge on any atom is 0.251 e. The van der Waals surface area contributed by atoms with Crippen molar-refractivity contribution in [1.29, 1.82) is 0 Å². The Labute approximate surface area is 192 Å². The summed E-state index contributed by atoms with van der Waals surface area (Å²) in [5.41, 5.74) is 2.16. The van der Waals surface area contributed by atoms with Gasteiger partial charge in [0, 0.05) is 17.8 Å². The van der Waals surface area contributed by atoms with Gasteiger partial charge in [-0.05, 0) is 49.6 Å². The van der Waals surface area contributed by atoms with E-state index in [0.717, 1.165) is 17.5 Å². The molecule has 0 aliphatic carbocycles. The molecule has 0 unspecified atom stereocenters. The fraction of sp³-hybridized carbons (Fsp3) is 0.375. The smallest absolute Gasteiger partial charge is 0.251 e. The van der Waals surface area contributed by atoms with Crippen LogP contribution in [0.4, 0.5) is 10.1 Å². The number of nitrogens with one attached hydrogen (secondary N) is 1. The molecule has 2 amide bonds. The zero-order valence-electron chi connectivity index (χ0n) is 19.3. The second kappa shape index (κ2) is 10.8. The lowest BCUT2D eigenvalue weighted by Gasteiger charge is -2.28. The number of nitrogens with zero attached hydrogens (tertiary/aromatic N) is 5. The molecule has 0 bridgehead atoms. The summed E-state index contributed by atoms with van der Waals surface area (Å²) in [5.74, 6) is -0.458. The quantitative estimate of drug-likeness (QED) is 0.537. The number of tetrazole rings is 1. The summed E-state index contributed by atoms with van der Waals surface area (Å²) in [6, 6.07) is 12.4. The Bertz CT molecular complexity index is 1100. The molecule has 1 atom stereocenters. The largest absolute Gasteiger partial charge is 0.354 e. The highest BCUT2D eigenvalue weighted by atomic mass is 19.1. The van der Waals surface area contributed by atoms with Crippen LogP contribution in [0.2, 0.25) is 0 Å². The zero-order valence-corrected chi connectivity index (χ0v) is 19.3. The number of amides is 2. The predicted octanol–water partition coefficient (Wildman–Crippen LogP) is 3.37. The van der Waals surface area contributed by atoms with Crippen molar-refractivity contribution >= 4 is 17.5 Å². The SMILES string of the molecule is Cc1ccc(-c2nnn(CC(=O)N(c3cccc(F)c3)[C@@H](C)C(=O)NCCC(C)C)n2)cc1. The van der Waals surface area contributed by atoms with Gasteiger partial charge >= 0.3 is 0 Å². The summed E-state index contributed by atoms with van der Waals surface area (Å²) < 4.78 is 13.9. The molecule has 0 aliphatic heterocycles. The Morgan fingerprint density at radius 1 is 1.12 bits per heavy atom. The highest BCUT2D eigenvalue weighted by Crippen LogP contribution is 2.20. The lowest BCUT2D eigenvalue weighted by molar-refractivity contribution is -0.126. The van der Waals surface area contributed by atoms with Gasteiger partial charge in [-0.25, -0.2) is 4.39 Å². The lowest BCUT2D eigenvalue weighted by Crippen LogP contribution is -2.49. The third kappa shape index (κ3) is 6.44. The molecule has 1 N–H and O–H groups in total. The number of hydrogen-bond acceptors (Lipinski definition) is 5. The average Bonchev–Trinajstić information content (AvgIpc) is 3.22. The molecule has 9 heteroatoms. The molecular formula is C24H29FN6O2. The van der Waals surface area contributed by atoms with Gasteiger partial charge in [0.25, 0.3) is 5.91 Å². The van der Waals surface area contributed by atoms with Crippen LogP contribution in [-0.2, 0) is 16.1 Å². The first-order valence-electron chi connectivity index (χ1n) is 10.9. The molecule has 1 aromatic heterocycles. The van der Waals surface area contributed by atoms with E-state index in [1.54, 1.807) is 13.0 Å². The summed E-state index contributed by atoms with van der Waals surface area (Å²) >= 11 is 0. The van der Waals surface area contributed by atoms with E-state index in [0.29, 0.717) is 18.3 Å². The zero-order chi connectivity index (χ0) is 24.0. The van der Waals surface area contributed by atoms with Gasteiger partial charge in [-0.3, -0.25) is 14.5 Å². The first-order valence-corrected chi connectivity index (χ1v) is 10.9. The minimum atomic E-state index is -0.855. The van der Waals surface area contributed by atoms with Crippen LogP contribution in [0.3, 0.4) is 0 Å². The van der Waals surface area contributed by atoms with E-state index in [2.05, 4.69) is 34.6 Å². The molecule has 0 fully saturated rings. The maximum absolute atomic E-state index is 13.9. The van der Waals surface area contributed by atoms with Gasteiger partial charge in [0.15, 0.2) is 0 Å². The fourth-order valence-electron chi connectivity index (χ4n) is 3.28. The molecule has 33 heavy (non-hydrogen) atoms. The van der Waals surface area contributed by atoms with Crippen LogP contribution in [0.5, 0.6) is 0 Å². The molecule has 174 valence electrons. The highest BCUT2D eigenvalue weighted by molar-refractivity contribution is 6.00. The van der Waals surface area contributed by atoms with Crippen LogP contribution in [-0.4, -0.2) is 44.6 Å². The molecule has 3 rings (SSSR count). The molecule has 0 aliphatic rings. The lowest BCUT2D eigenvalue weighted by atomic mass is 10.1. The monoisotopic (exact) mass is 452 g/mol. The van der Waals surface area contributed by atoms with E-state index >= 15 is 0 Å². The van der Waals surface area contributed by atoms with Gasteiger partial charge in [-0.15, -0.1) is 10.2 Å². The number of carbonyl (C=O) groups excluding carboxylic acids is 2. The van der Waals surface area contributed by atoms with Gasteiger partial charge in [0.1, 0.15) is 18.4 Å². The van der Waals surface area contributed by atoms with Crippen molar-refractivity contribution < 1.29 is 14.0 Å². The van der Waals surface area contributed by atoms with Crippen LogP contribution >= 0.6 is 0 Å². The summed E-state index contributed by atoms with van der Waals surface area (Å²) in [6.45, 7) is 7.96. The van der Waals surface area contributed by atoms with Gasteiger partial charge in [0.2, 0.25) is 11.7 Å². The number of aryl methyl sites for hydroxylation is 1. The van der Waals surface area contributed by atoms with Gasteiger partial charge in [-0.1, -0.05) is 49.7 Å². The normalized spacial score (nSPS) is 11.9. The Kier molecular flexibility index (Phi) is 7.87. The Morgan fingerprint density at radius 3 is 2.52 bits per heavy atom. The van der Waals surface area contributed by atoms with Crippen molar-refractivity contribution in [1.82, 2.24) is 25.5 Å². The first-order chi connectivity index (χ1) is 15.7. The second-order valence-electron chi connectivity index (χ2n) is 8.40. The van der Waals surface area contributed by atoms with Crippen LogP contribution in [0.25, 0.3) is 11.4 Å². The van der Waals surface area contributed by atoms with E-state index in [1.165, 1.54) is 27.9 Å². The molecule has 8 nitrogen and oxygen atoms in total. The van der Waals surface area contributed by atoms with E-state index in [4.69, 9.17) is 0 Å². The van der Waals surface area contributed by atoms with E-state index in [1.807, 2.05) is 31.2 Å². The van der Waals surface area contributed by atoms with Crippen LogP contribution in [0, 0.1) is 18.7 Å². The molecule has 2 aromatic carbocycles. The number of carbonyl (C=O) groups is 2. The third-order valence-electron chi connectivity index (χ3n) is 5.18. The van der Waals surface area contributed by atoms with E-state index in [9.17, 15) is 14.0 Å². The Balaban J connectivity index is 1.79. The standard InChI is InChI=1S/C24H29FN6O2/c1-16(2)12-13-26-24(33)18(4)31(21-7-5-6-20(25)14-21)22(32)15-30-28-23(27-29-30)19-10-8-17(3)9-11-19/h5-11,14,16,18H,12-13,15H2,1-4H3,(H,26,33)/t18-/m0/s1. The first kappa shape index (κ1) is 24.0. The molecule has 0 saturated carbocycles. The number of rotatable bonds is 9. The second-order valence-corrected chi connectivity index (χ2v) is 8.40. The number of halogens is 1. The summed E-state index contributed by atoms with van der Waals surface area (Å²) in [6.07, 6.45) is 0.817. The number of aromatic nitrogens is 4. The van der Waals surface area contributed by atoms with Gasteiger partial charge < -0.3 is 5.32 Å². The molecule has 0 radical (unpaired) electrons. The Morgan fingerprint density at radius 2 is 1.85 bits per heavy atom. The molecule has 0 saturated heterocycles.